The van der Waals surface area contributed by atoms with Crippen LogP contribution in [-0.4, -0.2) is 9.78 Å². The van der Waals surface area contributed by atoms with E-state index in [0.717, 1.165) is 11.4 Å². The van der Waals surface area contributed by atoms with E-state index in [0.29, 0.717) is 28.2 Å². The van der Waals surface area contributed by atoms with Crippen molar-refractivity contribution in [1.29, 1.82) is 0 Å². The summed E-state index contributed by atoms with van der Waals surface area (Å²) in [6, 6.07) is 25.2. The Hall–Kier alpha value is -2.60. The molecule has 0 amide bonds. The molecule has 140 valence electrons. The van der Waals surface area contributed by atoms with Gasteiger partial charge in [-0.2, -0.15) is 4.68 Å². The molecule has 0 saturated heterocycles. The number of benzene rings is 3. The Morgan fingerprint density at radius 1 is 0.893 bits per heavy atom. The van der Waals surface area contributed by atoms with Gasteiger partial charge in [0.05, 0.1) is 10.6 Å². The first-order valence-corrected chi connectivity index (χ1v) is 9.69. The molecule has 0 N–H and O–H groups in total. The normalized spacial score (nSPS) is 10.8. The van der Waals surface area contributed by atoms with Gasteiger partial charge < -0.3 is 9.32 Å². The van der Waals surface area contributed by atoms with Crippen LogP contribution >= 0.6 is 35.4 Å². The largest absolute Gasteiger partial charge is 0.409 e. The summed E-state index contributed by atoms with van der Waals surface area (Å²) in [5, 5.41) is 5.54. The van der Waals surface area contributed by atoms with Crippen LogP contribution < -0.4 is 4.90 Å². The minimum atomic E-state index is 0.262. The fourth-order valence-corrected chi connectivity index (χ4v) is 3.50. The molecule has 0 aliphatic carbocycles. The third kappa shape index (κ3) is 3.97. The van der Waals surface area contributed by atoms with Gasteiger partial charge in [0, 0.05) is 16.4 Å². The zero-order valence-corrected chi connectivity index (χ0v) is 17.0. The van der Waals surface area contributed by atoms with Crippen molar-refractivity contribution in [3.8, 4) is 11.5 Å². The summed E-state index contributed by atoms with van der Waals surface area (Å²) in [5.41, 5.74) is 2.68. The summed E-state index contributed by atoms with van der Waals surface area (Å²) >= 11 is 17.7. The van der Waals surface area contributed by atoms with Crippen molar-refractivity contribution in [2.45, 2.75) is 6.67 Å². The number of aromatic nitrogens is 2. The second-order valence-electron chi connectivity index (χ2n) is 6.04. The van der Waals surface area contributed by atoms with Gasteiger partial charge in [-0.3, -0.25) is 0 Å². The van der Waals surface area contributed by atoms with Crippen LogP contribution in [0.2, 0.25) is 10.0 Å². The molecule has 0 atom stereocenters. The van der Waals surface area contributed by atoms with E-state index < -0.39 is 0 Å². The molecule has 0 bridgehead atoms. The lowest BCUT2D eigenvalue weighted by Gasteiger charge is -2.24. The van der Waals surface area contributed by atoms with Gasteiger partial charge in [0.25, 0.3) is 4.84 Å². The smallest absolute Gasteiger partial charge is 0.289 e. The highest BCUT2D eigenvalue weighted by atomic mass is 35.5. The van der Waals surface area contributed by atoms with Crippen molar-refractivity contribution in [2.75, 3.05) is 4.90 Å². The maximum absolute atomic E-state index is 6.29. The molecule has 0 spiro atoms. The Kier molecular flexibility index (Phi) is 5.48. The third-order valence-electron chi connectivity index (χ3n) is 4.18. The average molecular weight is 428 g/mol. The number of nitrogens with zero attached hydrogens (tertiary/aromatic N) is 3. The van der Waals surface area contributed by atoms with E-state index in [1.807, 2.05) is 60.7 Å². The number of hydrogen-bond acceptors (Lipinski definition) is 4. The Bertz CT molecular complexity index is 1100. The lowest BCUT2D eigenvalue weighted by molar-refractivity contribution is 0.513. The van der Waals surface area contributed by atoms with Crippen LogP contribution in [0, 0.1) is 4.84 Å². The van der Waals surface area contributed by atoms with Gasteiger partial charge >= 0.3 is 0 Å². The van der Waals surface area contributed by atoms with Crippen LogP contribution in [0.5, 0.6) is 0 Å². The summed E-state index contributed by atoms with van der Waals surface area (Å²) in [6.45, 7) is 0.390. The van der Waals surface area contributed by atoms with E-state index in [2.05, 4.69) is 10.00 Å². The molecule has 1 aromatic heterocycles. The van der Waals surface area contributed by atoms with Crippen LogP contribution in [0.25, 0.3) is 11.5 Å². The van der Waals surface area contributed by atoms with Crippen molar-refractivity contribution < 1.29 is 4.42 Å². The first-order valence-electron chi connectivity index (χ1n) is 8.53. The maximum Gasteiger partial charge on any atom is 0.289 e. The maximum atomic E-state index is 6.29. The second kappa shape index (κ2) is 8.19. The number of halogens is 2. The molecule has 0 fully saturated rings. The van der Waals surface area contributed by atoms with Gasteiger partial charge in [-0.25, -0.2) is 0 Å². The van der Waals surface area contributed by atoms with Crippen LogP contribution in [0.15, 0.2) is 83.3 Å². The molecule has 1 heterocycles. The fraction of sp³-hybridized carbons (Fsp3) is 0.0476. The quantitative estimate of drug-likeness (QED) is 0.321. The van der Waals surface area contributed by atoms with Gasteiger partial charge in [0.15, 0.2) is 0 Å². The molecule has 4 aromatic rings. The summed E-state index contributed by atoms with van der Waals surface area (Å²) < 4.78 is 7.34. The zero-order chi connectivity index (χ0) is 19.5. The van der Waals surface area contributed by atoms with Crippen LogP contribution in [0.1, 0.15) is 0 Å². The lowest BCUT2D eigenvalue weighted by atomic mass is 10.2. The van der Waals surface area contributed by atoms with E-state index in [1.165, 1.54) is 0 Å². The lowest BCUT2D eigenvalue weighted by Crippen LogP contribution is -2.22. The molecule has 28 heavy (non-hydrogen) atoms. The minimum absolute atomic E-state index is 0.262. The first-order chi connectivity index (χ1) is 13.6. The van der Waals surface area contributed by atoms with E-state index in [9.17, 15) is 0 Å². The third-order valence-corrected chi connectivity index (χ3v) is 5.02. The molecule has 0 unspecified atom stereocenters. The van der Waals surface area contributed by atoms with E-state index in [1.54, 1.807) is 22.9 Å². The molecular formula is C21H15Cl2N3OS. The van der Waals surface area contributed by atoms with E-state index in [-0.39, 0.29) is 4.84 Å². The Morgan fingerprint density at radius 2 is 1.50 bits per heavy atom. The second-order valence-corrected chi connectivity index (χ2v) is 7.23. The summed E-state index contributed by atoms with van der Waals surface area (Å²) in [7, 11) is 0. The SMILES string of the molecule is S=c1oc(-c2ccc(Cl)cc2Cl)nn1CN(c1ccccc1)c1ccccc1. The summed E-state index contributed by atoms with van der Waals surface area (Å²) in [4.78, 5) is 2.36. The standard InChI is InChI=1S/C21H15Cl2N3OS/c22-15-11-12-18(19(23)13-15)20-24-26(21(28)27-20)14-25(16-7-3-1-4-8-16)17-9-5-2-6-10-17/h1-13H,14H2. The van der Waals surface area contributed by atoms with E-state index in [4.69, 9.17) is 39.8 Å². The van der Waals surface area contributed by atoms with Gasteiger partial charge in [0.1, 0.15) is 6.67 Å². The topological polar surface area (TPSA) is 34.2 Å². The van der Waals surface area contributed by atoms with Crippen molar-refractivity contribution in [2.24, 2.45) is 0 Å². The minimum Gasteiger partial charge on any atom is -0.409 e. The van der Waals surface area contributed by atoms with Crippen LogP contribution in [0.3, 0.4) is 0 Å². The van der Waals surface area contributed by atoms with Crippen molar-refractivity contribution in [3.05, 3.63) is 93.7 Å². The summed E-state index contributed by atoms with van der Waals surface area (Å²) in [6.07, 6.45) is 0. The van der Waals surface area contributed by atoms with Crippen molar-refractivity contribution >= 4 is 46.8 Å². The number of rotatable bonds is 5. The monoisotopic (exact) mass is 427 g/mol. The zero-order valence-electron chi connectivity index (χ0n) is 14.6. The molecule has 0 saturated carbocycles. The Labute approximate surface area is 177 Å². The van der Waals surface area contributed by atoms with Crippen molar-refractivity contribution in [3.63, 3.8) is 0 Å². The van der Waals surface area contributed by atoms with E-state index >= 15 is 0 Å². The fourth-order valence-electron chi connectivity index (χ4n) is 2.83. The van der Waals surface area contributed by atoms with Gasteiger partial charge in [-0.05, 0) is 54.7 Å². The average Bonchev–Trinajstić information content (AvgIpc) is 3.07. The van der Waals surface area contributed by atoms with Crippen molar-refractivity contribution in [1.82, 2.24) is 9.78 Å². The summed E-state index contributed by atoms with van der Waals surface area (Å²) in [5.74, 6) is 0.354. The van der Waals surface area contributed by atoms with Crippen LogP contribution in [0.4, 0.5) is 11.4 Å². The highest BCUT2D eigenvalue weighted by Crippen LogP contribution is 2.30. The number of para-hydroxylation sites is 2. The molecule has 3 aromatic carbocycles. The first kappa shape index (κ1) is 18.7. The molecule has 0 aliphatic heterocycles. The van der Waals surface area contributed by atoms with Gasteiger partial charge in [-0.1, -0.05) is 59.6 Å². The predicted molar refractivity (Wildman–Crippen MR) is 116 cm³/mol. The molecule has 0 radical (unpaired) electrons. The molecule has 4 nitrogen and oxygen atoms in total. The molecule has 0 aliphatic rings. The predicted octanol–water partition coefficient (Wildman–Crippen LogP) is 6.98. The van der Waals surface area contributed by atoms with Crippen LogP contribution in [-0.2, 0) is 6.67 Å². The van der Waals surface area contributed by atoms with Gasteiger partial charge in [0.2, 0.25) is 5.89 Å². The molecular weight excluding hydrogens is 413 g/mol. The molecule has 4 rings (SSSR count). The highest BCUT2D eigenvalue weighted by molar-refractivity contribution is 7.71. The van der Waals surface area contributed by atoms with Gasteiger partial charge in [-0.15, -0.1) is 5.10 Å². The Balaban J connectivity index is 1.72. The Morgan fingerprint density at radius 3 is 2.07 bits per heavy atom. The molecule has 7 heteroatoms. The number of anilines is 2. The number of hydrogen-bond donors (Lipinski definition) is 0. The highest BCUT2D eigenvalue weighted by Gasteiger charge is 2.16.